The van der Waals surface area contributed by atoms with Crippen molar-refractivity contribution in [2.75, 3.05) is 0 Å². The zero-order chi connectivity index (χ0) is 6.20. The predicted octanol–water partition coefficient (Wildman–Crippen LogP) is 1.87. The largest absolute Gasteiger partial charge is 0.156 e. The maximum absolute atomic E-state index is 4.92. The lowest BCUT2D eigenvalue weighted by atomic mass is 10.3. The Labute approximate surface area is 65.2 Å². The van der Waals surface area contributed by atoms with Crippen LogP contribution in [0, 0.1) is 0 Å². The van der Waals surface area contributed by atoms with E-state index in [4.69, 9.17) is 12.2 Å². The van der Waals surface area contributed by atoms with Gasteiger partial charge in [0.1, 0.15) is 0 Å². The summed E-state index contributed by atoms with van der Waals surface area (Å²) in [5.41, 5.74) is 0. The summed E-state index contributed by atoms with van der Waals surface area (Å²) in [4.78, 5) is 0.823. The fourth-order valence-electron chi connectivity index (χ4n) is 0.564. The average Bonchev–Trinajstić information content (AvgIpc) is 1.86. The van der Waals surface area contributed by atoms with E-state index >= 15 is 0 Å². The summed E-state index contributed by atoms with van der Waals surface area (Å²) in [6.45, 7) is 0. The van der Waals surface area contributed by atoms with Crippen LogP contribution in [-0.2, 0) is 0 Å². The Morgan fingerprint density at radius 3 is 2.38 bits per heavy atom. The summed E-state index contributed by atoms with van der Waals surface area (Å²) < 4.78 is -0.338. The van der Waals surface area contributed by atoms with Crippen LogP contribution >= 0.6 is 37.5 Å². The molecule has 0 radical (unpaired) electrons. The van der Waals surface area contributed by atoms with Crippen LogP contribution in [0.25, 0.3) is 0 Å². The standard InChI is InChI=1S/C5H6S3/c6-4-2-1-3-5(4,7)8/h1-2,7-8H,3H2. The molecule has 0 aromatic carbocycles. The van der Waals surface area contributed by atoms with Crippen LogP contribution in [0.4, 0.5) is 0 Å². The minimum absolute atomic E-state index is 0.338. The van der Waals surface area contributed by atoms with E-state index in [9.17, 15) is 0 Å². The van der Waals surface area contributed by atoms with Gasteiger partial charge in [0.2, 0.25) is 0 Å². The second kappa shape index (κ2) is 2.05. The molecule has 0 N–H and O–H groups in total. The molecule has 0 fully saturated rings. The number of thiocarbonyl (C=S) groups is 1. The highest BCUT2D eigenvalue weighted by Crippen LogP contribution is 2.31. The van der Waals surface area contributed by atoms with Crippen molar-refractivity contribution in [3.05, 3.63) is 12.2 Å². The van der Waals surface area contributed by atoms with Crippen molar-refractivity contribution in [3.63, 3.8) is 0 Å². The van der Waals surface area contributed by atoms with E-state index < -0.39 is 0 Å². The Hall–Kier alpha value is 0.530. The third-order valence-corrected chi connectivity index (χ3v) is 2.70. The van der Waals surface area contributed by atoms with Crippen LogP contribution < -0.4 is 0 Å². The molecule has 0 nitrogen and oxygen atoms in total. The van der Waals surface area contributed by atoms with Crippen molar-refractivity contribution in [2.45, 2.75) is 10.5 Å². The first-order valence-corrected chi connectivity index (χ1v) is 3.59. The fourth-order valence-corrected chi connectivity index (χ4v) is 1.10. The van der Waals surface area contributed by atoms with Gasteiger partial charge in [-0.05, 0) is 12.5 Å². The van der Waals surface area contributed by atoms with Crippen molar-refractivity contribution in [1.82, 2.24) is 0 Å². The second-order valence-electron chi connectivity index (χ2n) is 1.79. The summed E-state index contributed by atoms with van der Waals surface area (Å²) in [6.07, 6.45) is 4.72. The molecule has 0 saturated carbocycles. The number of rotatable bonds is 0. The van der Waals surface area contributed by atoms with Crippen LogP contribution in [0.3, 0.4) is 0 Å². The van der Waals surface area contributed by atoms with Crippen molar-refractivity contribution in [3.8, 4) is 0 Å². The quantitative estimate of drug-likeness (QED) is 0.311. The lowest BCUT2D eigenvalue weighted by Gasteiger charge is -2.13. The minimum atomic E-state index is -0.338. The van der Waals surface area contributed by atoms with Crippen LogP contribution in [0.1, 0.15) is 6.42 Å². The van der Waals surface area contributed by atoms with E-state index in [0.29, 0.717) is 0 Å². The highest BCUT2D eigenvalue weighted by Gasteiger charge is 2.26. The fraction of sp³-hybridized carbons (Fsp3) is 0.400. The molecule has 0 aromatic heterocycles. The molecule has 0 bridgehead atoms. The van der Waals surface area contributed by atoms with Gasteiger partial charge >= 0.3 is 0 Å². The predicted molar refractivity (Wildman–Crippen MR) is 47.1 cm³/mol. The van der Waals surface area contributed by atoms with Gasteiger partial charge in [0.15, 0.2) is 0 Å². The summed E-state index contributed by atoms with van der Waals surface area (Å²) in [6, 6.07) is 0. The minimum Gasteiger partial charge on any atom is -0.156 e. The highest BCUT2D eigenvalue weighted by atomic mass is 32.2. The van der Waals surface area contributed by atoms with Crippen LogP contribution in [0.15, 0.2) is 12.2 Å². The molecule has 0 spiro atoms. The molecule has 0 heterocycles. The third kappa shape index (κ3) is 1.09. The van der Waals surface area contributed by atoms with Crippen molar-refractivity contribution in [2.24, 2.45) is 0 Å². The van der Waals surface area contributed by atoms with Crippen molar-refractivity contribution < 1.29 is 0 Å². The van der Waals surface area contributed by atoms with Gasteiger partial charge < -0.3 is 0 Å². The molecule has 0 amide bonds. The number of hydrogen-bond donors (Lipinski definition) is 2. The van der Waals surface area contributed by atoms with E-state index in [1.54, 1.807) is 0 Å². The van der Waals surface area contributed by atoms with Gasteiger partial charge in [0.25, 0.3) is 0 Å². The van der Waals surface area contributed by atoms with Gasteiger partial charge in [-0.3, -0.25) is 0 Å². The molecular formula is C5H6S3. The first-order chi connectivity index (χ1) is 3.63. The molecule has 44 valence electrons. The third-order valence-electron chi connectivity index (χ3n) is 1.07. The lowest BCUT2D eigenvalue weighted by Crippen LogP contribution is -2.16. The van der Waals surface area contributed by atoms with E-state index in [1.165, 1.54) is 0 Å². The van der Waals surface area contributed by atoms with E-state index in [-0.39, 0.29) is 4.08 Å². The van der Waals surface area contributed by atoms with E-state index in [1.807, 2.05) is 12.2 Å². The van der Waals surface area contributed by atoms with Gasteiger partial charge in [-0.25, -0.2) is 0 Å². The normalized spacial score (nSPS) is 24.5. The Bertz CT molecular complexity index is 146. The van der Waals surface area contributed by atoms with Crippen LogP contribution in [-0.4, -0.2) is 8.94 Å². The molecule has 1 aliphatic carbocycles. The second-order valence-corrected chi connectivity index (χ2v) is 4.11. The number of thiol groups is 2. The van der Waals surface area contributed by atoms with Gasteiger partial charge in [-0.15, -0.1) is 0 Å². The maximum atomic E-state index is 4.92. The van der Waals surface area contributed by atoms with Crippen LogP contribution in [0.5, 0.6) is 0 Å². The van der Waals surface area contributed by atoms with Gasteiger partial charge in [-0.2, -0.15) is 25.3 Å². The molecular weight excluding hydrogens is 156 g/mol. The zero-order valence-corrected chi connectivity index (χ0v) is 6.77. The summed E-state index contributed by atoms with van der Waals surface area (Å²) in [5.74, 6) is 0. The van der Waals surface area contributed by atoms with Gasteiger partial charge in [-0.1, -0.05) is 18.3 Å². The molecule has 8 heavy (non-hydrogen) atoms. The first-order valence-electron chi connectivity index (χ1n) is 2.29. The SMILES string of the molecule is S=C1C=CCC1(S)S. The average molecular weight is 162 g/mol. The Morgan fingerprint density at radius 2 is 2.25 bits per heavy atom. The van der Waals surface area contributed by atoms with Crippen molar-refractivity contribution in [1.29, 1.82) is 0 Å². The van der Waals surface area contributed by atoms with E-state index in [2.05, 4.69) is 25.3 Å². The molecule has 1 aliphatic rings. The molecule has 0 unspecified atom stereocenters. The maximum Gasteiger partial charge on any atom is 0.0937 e. The number of hydrogen-bond acceptors (Lipinski definition) is 3. The molecule has 3 heteroatoms. The highest BCUT2D eigenvalue weighted by molar-refractivity contribution is 8.04. The molecule has 0 aromatic rings. The Balaban J connectivity index is 2.79. The first kappa shape index (κ1) is 6.65. The van der Waals surface area contributed by atoms with Gasteiger partial charge in [0.05, 0.1) is 4.08 Å². The molecule has 0 saturated heterocycles. The molecule has 0 atom stereocenters. The topological polar surface area (TPSA) is 0 Å². The van der Waals surface area contributed by atoms with E-state index in [0.717, 1.165) is 11.3 Å². The smallest absolute Gasteiger partial charge is 0.0937 e. The lowest BCUT2D eigenvalue weighted by molar-refractivity contribution is 1.12. The summed E-state index contributed by atoms with van der Waals surface area (Å²) in [7, 11) is 0. The van der Waals surface area contributed by atoms with Crippen molar-refractivity contribution >= 4 is 42.3 Å². The monoisotopic (exact) mass is 162 g/mol. The summed E-state index contributed by atoms with van der Waals surface area (Å²) in [5, 5.41) is 0. The molecule has 1 rings (SSSR count). The van der Waals surface area contributed by atoms with Crippen LogP contribution in [0.2, 0.25) is 0 Å². The summed E-state index contributed by atoms with van der Waals surface area (Å²) >= 11 is 13.3. The zero-order valence-electron chi connectivity index (χ0n) is 4.16. The number of allylic oxidation sites excluding steroid dienone is 2. The Morgan fingerprint density at radius 1 is 1.62 bits per heavy atom. The Kier molecular flexibility index (Phi) is 1.70. The van der Waals surface area contributed by atoms with Gasteiger partial charge in [0, 0.05) is 4.86 Å². The molecule has 0 aliphatic heterocycles.